The molecule has 1 aliphatic rings. The lowest BCUT2D eigenvalue weighted by Crippen LogP contribution is -2.16. The van der Waals surface area contributed by atoms with E-state index < -0.39 is 0 Å². The average Bonchev–Trinajstić information content (AvgIpc) is 2.56. The predicted octanol–water partition coefficient (Wildman–Crippen LogP) is 5.48. The molecule has 110 valence electrons. The zero-order valence-electron chi connectivity index (χ0n) is 12.2. The van der Waals surface area contributed by atoms with Gasteiger partial charge in [0.2, 0.25) is 5.78 Å². The minimum absolute atomic E-state index is 0.0618. The van der Waals surface area contributed by atoms with E-state index in [2.05, 4.69) is 4.99 Å². The number of carbonyl (C=O) groups is 1. The zero-order valence-corrected chi connectivity index (χ0v) is 12.9. The van der Waals surface area contributed by atoms with Crippen LogP contribution in [0.25, 0.3) is 16.8 Å². The van der Waals surface area contributed by atoms with Gasteiger partial charge in [-0.25, -0.2) is 4.99 Å². The Morgan fingerprint density at radius 2 is 1.61 bits per heavy atom. The molecule has 3 aromatic rings. The molecule has 4 rings (SSSR count). The lowest BCUT2D eigenvalue weighted by atomic mass is 9.92. The van der Waals surface area contributed by atoms with E-state index in [1.807, 2.05) is 54.6 Å². The first-order valence-electron chi connectivity index (χ1n) is 7.30. The number of aliphatic imine (C=N–C) groups is 1. The number of fused-ring (bicyclic) bond motifs is 2. The lowest BCUT2D eigenvalue weighted by molar-refractivity contribution is 0.106. The van der Waals surface area contributed by atoms with Crippen molar-refractivity contribution in [3.05, 3.63) is 82.9 Å². The molecule has 2 nitrogen and oxygen atoms in total. The van der Waals surface area contributed by atoms with E-state index in [4.69, 9.17) is 11.6 Å². The number of hydrogen-bond donors (Lipinski definition) is 0. The topological polar surface area (TPSA) is 29.4 Å². The summed E-state index contributed by atoms with van der Waals surface area (Å²) in [4.78, 5) is 17.2. The van der Waals surface area contributed by atoms with Gasteiger partial charge in [0.05, 0.1) is 5.69 Å². The summed E-state index contributed by atoms with van der Waals surface area (Å²) in [7, 11) is 0. The van der Waals surface area contributed by atoms with E-state index in [0.29, 0.717) is 22.0 Å². The van der Waals surface area contributed by atoms with Crippen LogP contribution in [0.15, 0.2) is 71.7 Å². The Kier molecular flexibility index (Phi) is 3.32. The number of rotatable bonds is 1. The second-order valence-electron chi connectivity index (χ2n) is 5.43. The van der Waals surface area contributed by atoms with Crippen molar-refractivity contribution in [2.75, 3.05) is 0 Å². The second-order valence-corrected chi connectivity index (χ2v) is 5.86. The molecule has 0 fully saturated rings. The minimum Gasteiger partial charge on any atom is -0.287 e. The van der Waals surface area contributed by atoms with Crippen molar-refractivity contribution < 1.29 is 4.79 Å². The highest BCUT2D eigenvalue weighted by molar-refractivity contribution is 6.52. The van der Waals surface area contributed by atoms with Gasteiger partial charge in [-0.15, -0.1) is 0 Å². The standard InChI is InChI=1S/C20H12ClNO/c21-16-6-3-7-17(12-16)22-19-9-8-15-10-13-4-1-2-5-14(13)11-18(15)20(19)23/h1-12H. The summed E-state index contributed by atoms with van der Waals surface area (Å²) >= 11 is 5.97. The molecule has 0 aliphatic heterocycles. The summed E-state index contributed by atoms with van der Waals surface area (Å²) < 4.78 is 0. The third-order valence-electron chi connectivity index (χ3n) is 3.87. The molecule has 0 aromatic heterocycles. The molecule has 0 bridgehead atoms. The molecule has 0 unspecified atom stereocenters. The maximum absolute atomic E-state index is 12.7. The van der Waals surface area contributed by atoms with E-state index in [1.54, 1.807) is 18.2 Å². The number of benzene rings is 3. The van der Waals surface area contributed by atoms with Gasteiger partial charge in [-0.3, -0.25) is 4.79 Å². The van der Waals surface area contributed by atoms with Crippen LogP contribution in [0.1, 0.15) is 15.9 Å². The zero-order chi connectivity index (χ0) is 15.8. The van der Waals surface area contributed by atoms with Crippen LogP contribution in [-0.2, 0) is 0 Å². The predicted molar refractivity (Wildman–Crippen MR) is 95.9 cm³/mol. The fourth-order valence-corrected chi connectivity index (χ4v) is 2.93. The molecule has 3 heteroatoms. The highest BCUT2D eigenvalue weighted by Crippen LogP contribution is 2.26. The Labute approximate surface area is 138 Å². The quantitative estimate of drug-likeness (QED) is 0.584. The smallest absolute Gasteiger partial charge is 0.211 e. The van der Waals surface area contributed by atoms with Crippen molar-refractivity contribution in [1.82, 2.24) is 0 Å². The third-order valence-corrected chi connectivity index (χ3v) is 4.11. The van der Waals surface area contributed by atoms with Crippen molar-refractivity contribution in [2.45, 2.75) is 0 Å². The molecule has 0 saturated heterocycles. The molecular weight excluding hydrogens is 306 g/mol. The van der Waals surface area contributed by atoms with Crippen LogP contribution < -0.4 is 0 Å². The van der Waals surface area contributed by atoms with Crippen LogP contribution >= 0.6 is 11.6 Å². The maximum Gasteiger partial charge on any atom is 0.211 e. The number of Topliss-reactive ketones (excluding diaryl/α,β-unsaturated/α-hetero) is 1. The number of halogens is 1. The Balaban J connectivity index is 1.82. The van der Waals surface area contributed by atoms with Crippen molar-refractivity contribution >= 4 is 45.6 Å². The summed E-state index contributed by atoms with van der Waals surface area (Å²) in [5, 5.41) is 2.78. The number of ketones is 1. The van der Waals surface area contributed by atoms with Crippen LogP contribution in [0.5, 0.6) is 0 Å². The highest BCUT2D eigenvalue weighted by Gasteiger charge is 2.20. The van der Waals surface area contributed by atoms with Gasteiger partial charge >= 0.3 is 0 Å². The second kappa shape index (κ2) is 5.49. The van der Waals surface area contributed by atoms with Gasteiger partial charge in [0.1, 0.15) is 5.71 Å². The third kappa shape index (κ3) is 2.58. The fraction of sp³-hybridized carbons (Fsp3) is 0. The SMILES string of the molecule is O=C1C(=Nc2cccc(Cl)c2)C=Cc2cc3ccccc3cc21. The highest BCUT2D eigenvalue weighted by atomic mass is 35.5. The molecule has 0 amide bonds. The molecular formula is C20H12ClNO. The van der Waals surface area contributed by atoms with Gasteiger partial charge in [0.15, 0.2) is 0 Å². The molecule has 0 saturated carbocycles. The van der Waals surface area contributed by atoms with Crippen LogP contribution in [0.4, 0.5) is 5.69 Å². The number of carbonyl (C=O) groups excluding carboxylic acids is 1. The summed E-state index contributed by atoms with van der Waals surface area (Å²) in [6.45, 7) is 0. The first-order valence-corrected chi connectivity index (χ1v) is 7.68. The van der Waals surface area contributed by atoms with Gasteiger partial charge in [0, 0.05) is 10.6 Å². The normalized spacial score (nSPS) is 15.2. The van der Waals surface area contributed by atoms with Gasteiger partial charge in [0.25, 0.3) is 0 Å². The molecule has 1 aliphatic carbocycles. The molecule has 0 spiro atoms. The van der Waals surface area contributed by atoms with Gasteiger partial charge in [-0.05, 0) is 52.7 Å². The van der Waals surface area contributed by atoms with Gasteiger partial charge in [-0.2, -0.15) is 0 Å². The Morgan fingerprint density at radius 1 is 0.826 bits per heavy atom. The van der Waals surface area contributed by atoms with E-state index in [1.165, 1.54) is 0 Å². The maximum atomic E-state index is 12.7. The van der Waals surface area contributed by atoms with E-state index in [-0.39, 0.29) is 5.78 Å². The summed E-state index contributed by atoms with van der Waals surface area (Å²) in [6, 6.07) is 19.2. The van der Waals surface area contributed by atoms with Crippen LogP contribution in [0.2, 0.25) is 5.02 Å². The van der Waals surface area contributed by atoms with E-state index in [0.717, 1.165) is 16.3 Å². The molecule has 3 aromatic carbocycles. The number of hydrogen-bond acceptors (Lipinski definition) is 2. The van der Waals surface area contributed by atoms with Crippen LogP contribution in [-0.4, -0.2) is 11.5 Å². The van der Waals surface area contributed by atoms with Gasteiger partial charge < -0.3 is 0 Å². The van der Waals surface area contributed by atoms with Crippen molar-refractivity contribution in [3.8, 4) is 0 Å². The van der Waals surface area contributed by atoms with Crippen molar-refractivity contribution in [3.63, 3.8) is 0 Å². The summed E-state index contributed by atoms with van der Waals surface area (Å²) in [5.41, 5.74) is 2.72. The summed E-state index contributed by atoms with van der Waals surface area (Å²) in [5.74, 6) is -0.0618. The molecule has 0 atom stereocenters. The van der Waals surface area contributed by atoms with Crippen LogP contribution in [0.3, 0.4) is 0 Å². The molecule has 0 N–H and O–H groups in total. The van der Waals surface area contributed by atoms with E-state index in [9.17, 15) is 4.79 Å². The Hall–Kier alpha value is -2.71. The van der Waals surface area contributed by atoms with Gasteiger partial charge in [-0.1, -0.05) is 48.0 Å². The van der Waals surface area contributed by atoms with E-state index >= 15 is 0 Å². The number of allylic oxidation sites excluding steroid dienone is 1. The van der Waals surface area contributed by atoms with Crippen molar-refractivity contribution in [2.24, 2.45) is 4.99 Å². The minimum atomic E-state index is -0.0618. The first-order chi connectivity index (χ1) is 11.2. The molecule has 0 radical (unpaired) electrons. The first kappa shape index (κ1) is 13.9. The Morgan fingerprint density at radius 3 is 2.39 bits per heavy atom. The van der Waals surface area contributed by atoms with Crippen molar-refractivity contribution in [1.29, 1.82) is 0 Å². The largest absolute Gasteiger partial charge is 0.287 e. The van der Waals surface area contributed by atoms with Crippen LogP contribution in [0, 0.1) is 0 Å². The summed E-state index contributed by atoms with van der Waals surface area (Å²) in [6.07, 6.45) is 3.70. The fourth-order valence-electron chi connectivity index (χ4n) is 2.75. The lowest BCUT2D eigenvalue weighted by Gasteiger charge is -2.12. The number of nitrogens with zero attached hydrogens (tertiary/aromatic N) is 1. The average molecular weight is 318 g/mol. The molecule has 23 heavy (non-hydrogen) atoms. The monoisotopic (exact) mass is 317 g/mol. The molecule has 0 heterocycles. The Bertz CT molecular complexity index is 1000.